The molecule has 1 N–H and O–H groups in total. The van der Waals surface area contributed by atoms with Crippen molar-refractivity contribution in [1.29, 1.82) is 0 Å². The van der Waals surface area contributed by atoms with Gasteiger partial charge in [0.1, 0.15) is 0 Å². The Hall–Kier alpha value is -0.770. The van der Waals surface area contributed by atoms with E-state index in [1.54, 1.807) is 0 Å². The lowest BCUT2D eigenvalue weighted by Crippen LogP contribution is -2.46. The number of anilines is 1. The molecule has 1 aromatic carbocycles. The SMILES string of the molecule is CCCNCc1ccc(Cl)cc1N1CC(C)OC(C)C1. The van der Waals surface area contributed by atoms with Crippen molar-refractivity contribution >= 4 is 17.3 Å². The van der Waals surface area contributed by atoms with Crippen LogP contribution in [0.25, 0.3) is 0 Å². The first-order chi connectivity index (χ1) is 9.60. The summed E-state index contributed by atoms with van der Waals surface area (Å²) < 4.78 is 5.82. The summed E-state index contributed by atoms with van der Waals surface area (Å²) in [6, 6.07) is 6.18. The van der Waals surface area contributed by atoms with E-state index < -0.39 is 0 Å². The van der Waals surface area contributed by atoms with E-state index in [9.17, 15) is 0 Å². The normalized spacial score (nSPS) is 23.1. The first-order valence-corrected chi connectivity index (χ1v) is 7.87. The monoisotopic (exact) mass is 296 g/mol. The zero-order valence-corrected chi connectivity index (χ0v) is 13.4. The molecule has 1 heterocycles. The highest BCUT2D eigenvalue weighted by atomic mass is 35.5. The molecule has 0 aromatic heterocycles. The number of ether oxygens (including phenoxy) is 1. The van der Waals surface area contributed by atoms with Gasteiger partial charge in [0.2, 0.25) is 0 Å². The molecule has 112 valence electrons. The fourth-order valence-electron chi connectivity index (χ4n) is 2.76. The van der Waals surface area contributed by atoms with Gasteiger partial charge in [-0.2, -0.15) is 0 Å². The first-order valence-electron chi connectivity index (χ1n) is 7.49. The van der Waals surface area contributed by atoms with Crippen LogP contribution in [0.3, 0.4) is 0 Å². The molecule has 4 heteroatoms. The van der Waals surface area contributed by atoms with Gasteiger partial charge >= 0.3 is 0 Å². The molecule has 1 aliphatic heterocycles. The number of hydrogen-bond donors (Lipinski definition) is 1. The van der Waals surface area contributed by atoms with Crippen molar-refractivity contribution in [3.8, 4) is 0 Å². The van der Waals surface area contributed by atoms with Crippen molar-refractivity contribution in [2.75, 3.05) is 24.5 Å². The topological polar surface area (TPSA) is 24.5 Å². The molecule has 1 aromatic rings. The van der Waals surface area contributed by atoms with E-state index in [4.69, 9.17) is 16.3 Å². The molecule has 0 aliphatic carbocycles. The van der Waals surface area contributed by atoms with E-state index in [0.29, 0.717) is 0 Å². The summed E-state index contributed by atoms with van der Waals surface area (Å²) in [5.74, 6) is 0. The molecule has 0 saturated carbocycles. The molecular formula is C16H25ClN2O. The van der Waals surface area contributed by atoms with Crippen LogP contribution in [0.5, 0.6) is 0 Å². The Morgan fingerprint density at radius 2 is 2.00 bits per heavy atom. The lowest BCUT2D eigenvalue weighted by atomic mass is 10.1. The minimum Gasteiger partial charge on any atom is -0.372 e. The zero-order valence-electron chi connectivity index (χ0n) is 12.7. The van der Waals surface area contributed by atoms with Crippen LogP contribution in [-0.4, -0.2) is 31.8 Å². The van der Waals surface area contributed by atoms with Gasteiger partial charge in [-0.25, -0.2) is 0 Å². The van der Waals surface area contributed by atoms with Gasteiger partial charge in [-0.15, -0.1) is 0 Å². The fourth-order valence-corrected chi connectivity index (χ4v) is 2.92. The third kappa shape index (κ3) is 4.11. The van der Waals surface area contributed by atoms with Crippen LogP contribution in [0.4, 0.5) is 5.69 Å². The minimum absolute atomic E-state index is 0.259. The molecule has 2 atom stereocenters. The van der Waals surface area contributed by atoms with E-state index in [2.05, 4.69) is 43.1 Å². The molecule has 1 saturated heterocycles. The predicted octanol–water partition coefficient (Wildman–Crippen LogP) is 3.45. The van der Waals surface area contributed by atoms with E-state index in [1.165, 1.54) is 11.3 Å². The smallest absolute Gasteiger partial charge is 0.0726 e. The molecule has 20 heavy (non-hydrogen) atoms. The Bertz CT molecular complexity index is 428. The van der Waals surface area contributed by atoms with Crippen LogP contribution in [0.15, 0.2) is 18.2 Å². The standard InChI is InChI=1S/C16H25ClN2O/c1-4-7-18-9-14-5-6-15(17)8-16(14)19-10-12(2)20-13(3)11-19/h5-6,8,12-13,18H,4,7,9-11H2,1-3H3. The molecular weight excluding hydrogens is 272 g/mol. The summed E-state index contributed by atoms with van der Waals surface area (Å²) >= 11 is 6.19. The summed E-state index contributed by atoms with van der Waals surface area (Å²) in [5, 5.41) is 4.27. The molecule has 1 aliphatic rings. The third-order valence-corrected chi connectivity index (χ3v) is 3.78. The third-order valence-electron chi connectivity index (χ3n) is 3.55. The largest absolute Gasteiger partial charge is 0.372 e. The fraction of sp³-hybridized carbons (Fsp3) is 0.625. The summed E-state index contributed by atoms with van der Waals surface area (Å²) in [6.45, 7) is 10.2. The predicted molar refractivity (Wildman–Crippen MR) is 85.7 cm³/mol. The second-order valence-electron chi connectivity index (χ2n) is 5.61. The Morgan fingerprint density at radius 3 is 2.65 bits per heavy atom. The molecule has 0 bridgehead atoms. The Kier molecular flexibility index (Phi) is 5.70. The van der Waals surface area contributed by atoms with Crippen molar-refractivity contribution in [3.05, 3.63) is 28.8 Å². The minimum atomic E-state index is 0.259. The lowest BCUT2D eigenvalue weighted by molar-refractivity contribution is -0.00526. The number of benzene rings is 1. The van der Waals surface area contributed by atoms with Crippen molar-refractivity contribution < 1.29 is 4.74 Å². The van der Waals surface area contributed by atoms with Gasteiger partial charge in [-0.05, 0) is 44.5 Å². The average molecular weight is 297 g/mol. The van der Waals surface area contributed by atoms with Gasteiger partial charge in [0.25, 0.3) is 0 Å². The average Bonchev–Trinajstić information content (AvgIpc) is 2.39. The number of rotatable bonds is 5. The lowest BCUT2D eigenvalue weighted by Gasteiger charge is -2.38. The van der Waals surface area contributed by atoms with Gasteiger partial charge in [0, 0.05) is 30.3 Å². The molecule has 0 amide bonds. The number of hydrogen-bond acceptors (Lipinski definition) is 3. The molecule has 2 unspecified atom stereocenters. The summed E-state index contributed by atoms with van der Waals surface area (Å²) in [5.41, 5.74) is 2.55. The van der Waals surface area contributed by atoms with Gasteiger partial charge < -0.3 is 15.0 Å². The van der Waals surface area contributed by atoms with Gasteiger partial charge in [0.15, 0.2) is 0 Å². The molecule has 3 nitrogen and oxygen atoms in total. The van der Waals surface area contributed by atoms with Crippen LogP contribution in [0.2, 0.25) is 5.02 Å². The Labute approximate surface area is 127 Å². The molecule has 2 rings (SSSR count). The van der Waals surface area contributed by atoms with Crippen LogP contribution < -0.4 is 10.2 Å². The van der Waals surface area contributed by atoms with Crippen LogP contribution in [-0.2, 0) is 11.3 Å². The quantitative estimate of drug-likeness (QED) is 0.842. The van der Waals surface area contributed by atoms with Crippen LogP contribution >= 0.6 is 11.6 Å². The number of nitrogens with one attached hydrogen (secondary N) is 1. The van der Waals surface area contributed by atoms with Crippen LogP contribution in [0, 0.1) is 0 Å². The second kappa shape index (κ2) is 7.30. The van der Waals surface area contributed by atoms with E-state index in [1.807, 2.05) is 6.07 Å². The number of halogens is 1. The summed E-state index contributed by atoms with van der Waals surface area (Å²) in [6.07, 6.45) is 1.66. The molecule has 1 fully saturated rings. The molecule has 0 radical (unpaired) electrons. The second-order valence-corrected chi connectivity index (χ2v) is 6.05. The maximum Gasteiger partial charge on any atom is 0.0726 e. The zero-order chi connectivity index (χ0) is 14.5. The summed E-state index contributed by atoms with van der Waals surface area (Å²) in [7, 11) is 0. The van der Waals surface area contributed by atoms with Crippen molar-refractivity contribution in [2.45, 2.75) is 45.9 Å². The van der Waals surface area contributed by atoms with Gasteiger partial charge in [-0.3, -0.25) is 0 Å². The highest BCUT2D eigenvalue weighted by Crippen LogP contribution is 2.27. The van der Waals surface area contributed by atoms with E-state index >= 15 is 0 Å². The van der Waals surface area contributed by atoms with Crippen LogP contribution in [0.1, 0.15) is 32.8 Å². The first kappa shape index (κ1) is 15.6. The van der Waals surface area contributed by atoms with Gasteiger partial charge in [0.05, 0.1) is 12.2 Å². The van der Waals surface area contributed by atoms with Crippen molar-refractivity contribution in [2.24, 2.45) is 0 Å². The summed E-state index contributed by atoms with van der Waals surface area (Å²) in [4.78, 5) is 2.40. The Morgan fingerprint density at radius 1 is 1.30 bits per heavy atom. The number of morpholine rings is 1. The van der Waals surface area contributed by atoms with E-state index in [-0.39, 0.29) is 12.2 Å². The van der Waals surface area contributed by atoms with Crippen molar-refractivity contribution in [1.82, 2.24) is 5.32 Å². The molecule has 0 spiro atoms. The van der Waals surface area contributed by atoms with Crippen molar-refractivity contribution in [3.63, 3.8) is 0 Å². The number of nitrogens with zero attached hydrogens (tertiary/aromatic N) is 1. The van der Waals surface area contributed by atoms with E-state index in [0.717, 1.165) is 37.6 Å². The van der Waals surface area contributed by atoms with Gasteiger partial charge in [-0.1, -0.05) is 24.6 Å². The highest BCUT2D eigenvalue weighted by Gasteiger charge is 2.24. The maximum atomic E-state index is 6.19. The highest BCUT2D eigenvalue weighted by molar-refractivity contribution is 6.30. The maximum absolute atomic E-state index is 6.19. The Balaban J connectivity index is 2.17.